The van der Waals surface area contributed by atoms with Gasteiger partial charge in [0.05, 0.1) is 6.04 Å². The number of hydrogen-bond donors (Lipinski definition) is 9. The maximum Gasteiger partial charge on any atom is 0.326 e. The quantitative estimate of drug-likeness (QED) is 0.0381. The molecule has 3 amide bonds. The Hall–Kier alpha value is -2.72. The topological polar surface area (TPSA) is 252 Å². The van der Waals surface area contributed by atoms with Gasteiger partial charge in [-0.1, -0.05) is 0 Å². The molecular weight excluding hydrogens is 502 g/mol. The summed E-state index contributed by atoms with van der Waals surface area (Å²) in [7, 11) is 0. The molecule has 0 radical (unpaired) electrons. The number of aliphatic carboxylic acids is 2. The van der Waals surface area contributed by atoms with Gasteiger partial charge >= 0.3 is 11.9 Å². The molecule has 0 aromatic heterocycles. The summed E-state index contributed by atoms with van der Waals surface area (Å²) in [6.07, 6.45) is 1.85. The summed E-state index contributed by atoms with van der Waals surface area (Å²) in [5.74, 6) is -4.51. The first-order valence-corrected chi connectivity index (χ1v) is 12.7. The third kappa shape index (κ3) is 14.3. The van der Waals surface area contributed by atoms with Crippen molar-refractivity contribution in [2.24, 2.45) is 22.2 Å². The van der Waals surface area contributed by atoms with Crippen LogP contribution in [0.2, 0.25) is 0 Å². The summed E-state index contributed by atoms with van der Waals surface area (Å²) >= 11 is 5.45. The van der Waals surface area contributed by atoms with Gasteiger partial charge in [0.25, 0.3) is 0 Å². The number of carboxylic acid groups (broad SMARTS) is 2. The van der Waals surface area contributed by atoms with E-state index in [1.807, 2.05) is 0 Å². The molecule has 0 rings (SSSR count). The molecule has 0 spiro atoms. The number of nitrogens with two attached hydrogens (primary N) is 3. The first-order chi connectivity index (χ1) is 16.4. The molecule has 0 aromatic rings. The number of aliphatic imine (C=N–C) groups is 1. The number of thiol groups is 1. The molecule has 0 saturated carbocycles. The Bertz CT molecular complexity index is 766. The van der Waals surface area contributed by atoms with E-state index >= 15 is 0 Å². The van der Waals surface area contributed by atoms with Gasteiger partial charge in [-0.3, -0.25) is 24.2 Å². The second-order valence-corrected chi connectivity index (χ2v) is 8.82. The van der Waals surface area contributed by atoms with E-state index in [-0.39, 0.29) is 37.5 Å². The van der Waals surface area contributed by atoms with E-state index in [0.29, 0.717) is 12.2 Å². The lowest BCUT2D eigenvalue weighted by molar-refractivity contribution is -0.142. The standard InChI is InChI=1S/C19H35N7O7S2/c1-35-8-6-12(18(32)33)25-17(31)13(9-34)26-16(30)11(4-5-14(27)28)24-15(29)10(20)3-2-7-23-19(21)22/h10-13,34H,2-9,20H2,1H3,(H,24,29)(H,25,31)(H,26,30)(H,27,28)(H,32,33)(H4,21,22,23). The van der Waals surface area contributed by atoms with Crippen molar-refractivity contribution in [1.29, 1.82) is 0 Å². The molecule has 0 fully saturated rings. The van der Waals surface area contributed by atoms with Crippen LogP contribution in [-0.4, -0.2) is 94.3 Å². The monoisotopic (exact) mass is 537 g/mol. The molecule has 0 heterocycles. The van der Waals surface area contributed by atoms with Crippen molar-refractivity contribution in [2.75, 3.05) is 24.3 Å². The maximum absolute atomic E-state index is 12.8. The van der Waals surface area contributed by atoms with Crippen molar-refractivity contribution in [3.63, 3.8) is 0 Å². The second kappa shape index (κ2) is 17.7. The van der Waals surface area contributed by atoms with Crippen molar-refractivity contribution < 1.29 is 34.2 Å². The zero-order valence-corrected chi connectivity index (χ0v) is 21.1. The summed E-state index contributed by atoms with van der Waals surface area (Å²) in [6, 6.07) is -4.70. The highest BCUT2D eigenvalue weighted by Gasteiger charge is 2.29. The minimum atomic E-state index is -1.30. The number of rotatable bonds is 18. The van der Waals surface area contributed by atoms with Gasteiger partial charge in [-0.05, 0) is 37.7 Å². The summed E-state index contributed by atoms with van der Waals surface area (Å²) in [5.41, 5.74) is 16.3. The van der Waals surface area contributed by atoms with Crippen molar-refractivity contribution in [1.82, 2.24) is 16.0 Å². The molecule has 200 valence electrons. The number of guanidine groups is 1. The van der Waals surface area contributed by atoms with Crippen molar-refractivity contribution >= 4 is 60.0 Å². The van der Waals surface area contributed by atoms with Crippen LogP contribution < -0.4 is 33.2 Å². The normalized spacial score (nSPS) is 14.0. The molecule has 0 saturated heterocycles. The van der Waals surface area contributed by atoms with Crippen molar-refractivity contribution in [2.45, 2.75) is 56.3 Å². The van der Waals surface area contributed by atoms with Crippen LogP contribution >= 0.6 is 24.4 Å². The molecule has 0 aliphatic carbocycles. The molecule has 4 atom stereocenters. The SMILES string of the molecule is CSCCC(NC(=O)C(CS)NC(=O)C(CCC(=O)O)NC(=O)C(N)CCCN=C(N)N)C(=O)O. The Morgan fingerprint density at radius 1 is 0.914 bits per heavy atom. The molecule has 11 N–H and O–H groups in total. The van der Waals surface area contributed by atoms with E-state index in [0.717, 1.165) is 0 Å². The molecule has 0 bridgehead atoms. The molecular formula is C19H35N7O7S2. The third-order valence-corrected chi connectivity index (χ3v) is 5.63. The Balaban J connectivity index is 5.20. The fraction of sp³-hybridized carbons (Fsp3) is 0.684. The van der Waals surface area contributed by atoms with Crippen LogP contribution in [0.15, 0.2) is 4.99 Å². The van der Waals surface area contributed by atoms with Crippen LogP contribution in [0, 0.1) is 0 Å². The van der Waals surface area contributed by atoms with E-state index in [1.54, 1.807) is 6.26 Å². The zero-order valence-electron chi connectivity index (χ0n) is 19.4. The average Bonchev–Trinajstić information content (AvgIpc) is 2.79. The van der Waals surface area contributed by atoms with Crippen molar-refractivity contribution in [3.8, 4) is 0 Å². The zero-order chi connectivity index (χ0) is 27.0. The summed E-state index contributed by atoms with van der Waals surface area (Å²) < 4.78 is 0. The predicted molar refractivity (Wildman–Crippen MR) is 135 cm³/mol. The molecule has 0 aliphatic heterocycles. The lowest BCUT2D eigenvalue weighted by atomic mass is 10.1. The Morgan fingerprint density at radius 2 is 1.49 bits per heavy atom. The summed E-state index contributed by atoms with van der Waals surface area (Å²) in [4.78, 5) is 63.9. The molecule has 4 unspecified atom stereocenters. The Kier molecular flexibility index (Phi) is 16.3. The van der Waals surface area contributed by atoms with Gasteiger partial charge in [0.1, 0.15) is 18.1 Å². The number of carboxylic acids is 2. The van der Waals surface area contributed by atoms with Crippen LogP contribution in [0.1, 0.15) is 32.1 Å². The van der Waals surface area contributed by atoms with E-state index in [1.165, 1.54) is 11.8 Å². The Morgan fingerprint density at radius 3 is 2.00 bits per heavy atom. The smallest absolute Gasteiger partial charge is 0.326 e. The number of nitrogens with one attached hydrogen (secondary N) is 3. The first-order valence-electron chi connectivity index (χ1n) is 10.7. The van der Waals surface area contributed by atoms with Crippen molar-refractivity contribution in [3.05, 3.63) is 0 Å². The van der Waals surface area contributed by atoms with Gasteiger partial charge in [-0.2, -0.15) is 24.4 Å². The Labute approximate surface area is 213 Å². The van der Waals surface area contributed by atoms with Crippen LogP contribution in [0.4, 0.5) is 0 Å². The molecule has 35 heavy (non-hydrogen) atoms. The summed E-state index contributed by atoms with van der Waals surface area (Å²) in [6.45, 7) is 0.249. The van der Waals surface area contributed by atoms with Gasteiger partial charge in [-0.25, -0.2) is 4.79 Å². The highest BCUT2D eigenvalue weighted by Crippen LogP contribution is 2.05. The predicted octanol–water partition coefficient (Wildman–Crippen LogP) is -2.55. The van der Waals surface area contributed by atoms with Gasteiger partial charge in [0.2, 0.25) is 17.7 Å². The number of hydrogen-bond acceptors (Lipinski definition) is 9. The molecule has 0 aliphatic rings. The van der Waals surface area contributed by atoms with Gasteiger partial charge in [0, 0.05) is 18.7 Å². The average molecular weight is 538 g/mol. The first kappa shape index (κ1) is 32.3. The van der Waals surface area contributed by atoms with E-state index in [9.17, 15) is 29.1 Å². The number of carbonyl (C=O) groups excluding carboxylic acids is 3. The van der Waals surface area contributed by atoms with Gasteiger partial charge in [-0.15, -0.1) is 0 Å². The second-order valence-electron chi connectivity index (χ2n) is 7.47. The fourth-order valence-electron chi connectivity index (χ4n) is 2.70. The summed E-state index contributed by atoms with van der Waals surface area (Å²) in [5, 5.41) is 25.4. The van der Waals surface area contributed by atoms with Gasteiger partial charge < -0.3 is 43.4 Å². The maximum atomic E-state index is 12.8. The number of amides is 3. The highest BCUT2D eigenvalue weighted by molar-refractivity contribution is 7.98. The minimum absolute atomic E-state index is 0.102. The molecule has 14 nitrogen and oxygen atoms in total. The van der Waals surface area contributed by atoms with E-state index in [4.69, 9.17) is 22.3 Å². The van der Waals surface area contributed by atoms with Crippen LogP contribution in [0.3, 0.4) is 0 Å². The van der Waals surface area contributed by atoms with Crippen LogP contribution in [0.25, 0.3) is 0 Å². The lowest BCUT2D eigenvalue weighted by Crippen LogP contribution is -2.57. The molecule has 0 aromatic carbocycles. The van der Waals surface area contributed by atoms with E-state index in [2.05, 4.69) is 33.6 Å². The lowest BCUT2D eigenvalue weighted by Gasteiger charge is -2.24. The van der Waals surface area contributed by atoms with Gasteiger partial charge in [0.15, 0.2) is 5.96 Å². The van der Waals surface area contributed by atoms with Crippen LogP contribution in [-0.2, 0) is 24.0 Å². The fourth-order valence-corrected chi connectivity index (χ4v) is 3.43. The molecule has 16 heteroatoms. The number of carbonyl (C=O) groups is 5. The van der Waals surface area contributed by atoms with E-state index < -0.39 is 60.2 Å². The number of nitrogens with zero attached hydrogens (tertiary/aromatic N) is 1. The number of thioether (sulfide) groups is 1. The van der Waals surface area contributed by atoms with Crippen LogP contribution in [0.5, 0.6) is 0 Å². The highest BCUT2D eigenvalue weighted by atomic mass is 32.2. The largest absolute Gasteiger partial charge is 0.481 e. The third-order valence-electron chi connectivity index (χ3n) is 4.63. The minimum Gasteiger partial charge on any atom is -0.481 e.